The van der Waals surface area contributed by atoms with Crippen molar-refractivity contribution in [2.75, 3.05) is 13.2 Å². The first-order chi connectivity index (χ1) is 8.79. The van der Waals surface area contributed by atoms with Gasteiger partial charge in [-0.05, 0) is 32.9 Å². The number of hydrogen-bond acceptors (Lipinski definition) is 5. The monoisotopic (exact) mass is 267 g/mol. The number of carbonyl (C=O) groups is 1. The number of phenolic OH excluding ortho intramolecular Hbond substituents is 1. The smallest absolute Gasteiger partial charge is 0.342 e. The molecule has 0 heterocycles. The summed E-state index contributed by atoms with van der Waals surface area (Å²) < 4.78 is 4.95. The average Bonchev–Trinajstić information content (AvgIpc) is 2.33. The molecule has 0 aliphatic heterocycles. The molecule has 106 valence electrons. The van der Waals surface area contributed by atoms with Gasteiger partial charge in [-0.3, -0.25) is 0 Å². The Kier molecular flexibility index (Phi) is 5.32. The van der Waals surface area contributed by atoms with E-state index in [9.17, 15) is 15.0 Å². The summed E-state index contributed by atoms with van der Waals surface area (Å²) >= 11 is 0. The lowest BCUT2D eigenvalue weighted by Gasteiger charge is -2.22. The molecule has 19 heavy (non-hydrogen) atoms. The predicted octanol–water partition coefficient (Wildman–Crippen LogP) is 1.30. The molecule has 0 saturated heterocycles. The second-order valence-electron chi connectivity index (χ2n) is 5.40. The third-order valence-corrected chi connectivity index (χ3v) is 2.40. The second kappa shape index (κ2) is 6.54. The van der Waals surface area contributed by atoms with Crippen LogP contribution < -0.4 is 5.32 Å². The quantitative estimate of drug-likeness (QED) is 0.701. The van der Waals surface area contributed by atoms with Crippen LogP contribution in [0.15, 0.2) is 24.3 Å². The van der Waals surface area contributed by atoms with Crippen molar-refractivity contribution < 1.29 is 19.7 Å². The van der Waals surface area contributed by atoms with Crippen LogP contribution in [-0.2, 0) is 4.74 Å². The highest BCUT2D eigenvalue weighted by Gasteiger charge is 2.16. The van der Waals surface area contributed by atoms with E-state index in [-0.39, 0.29) is 23.5 Å². The number of ether oxygens (including phenoxy) is 1. The largest absolute Gasteiger partial charge is 0.507 e. The molecule has 0 unspecified atom stereocenters. The first kappa shape index (κ1) is 15.5. The van der Waals surface area contributed by atoms with Crippen LogP contribution >= 0.6 is 0 Å². The van der Waals surface area contributed by atoms with Crippen LogP contribution in [0.5, 0.6) is 5.75 Å². The molecule has 1 aromatic carbocycles. The summed E-state index contributed by atoms with van der Waals surface area (Å²) in [6, 6.07) is 6.13. The van der Waals surface area contributed by atoms with Gasteiger partial charge in [-0.25, -0.2) is 4.79 Å². The van der Waals surface area contributed by atoms with E-state index in [0.717, 1.165) is 0 Å². The summed E-state index contributed by atoms with van der Waals surface area (Å²) in [5, 5.41) is 22.3. The summed E-state index contributed by atoms with van der Waals surface area (Å²) in [5.41, 5.74) is -0.0126. The van der Waals surface area contributed by atoms with Crippen LogP contribution in [-0.4, -0.2) is 41.0 Å². The second-order valence-corrected chi connectivity index (χ2v) is 5.40. The van der Waals surface area contributed by atoms with Crippen molar-refractivity contribution >= 4 is 5.97 Å². The fraction of sp³-hybridized carbons (Fsp3) is 0.500. The Morgan fingerprint density at radius 3 is 2.58 bits per heavy atom. The summed E-state index contributed by atoms with van der Waals surface area (Å²) in [6.45, 7) is 6.16. The van der Waals surface area contributed by atoms with E-state index in [1.54, 1.807) is 12.1 Å². The number of aromatic hydroxyl groups is 1. The highest BCUT2D eigenvalue weighted by Crippen LogP contribution is 2.16. The standard InChI is InChI=1S/C14H21NO4/c1-14(2,3)15-8-10(16)9-19-13(18)11-6-4-5-7-12(11)17/h4-7,10,15-17H,8-9H2,1-3H3/t10-/m0/s1. The molecule has 0 amide bonds. The van der Waals surface area contributed by atoms with E-state index in [1.165, 1.54) is 12.1 Å². The van der Waals surface area contributed by atoms with E-state index in [2.05, 4.69) is 5.32 Å². The van der Waals surface area contributed by atoms with Gasteiger partial charge in [0.1, 0.15) is 24.0 Å². The predicted molar refractivity (Wildman–Crippen MR) is 72.2 cm³/mol. The van der Waals surface area contributed by atoms with E-state index in [4.69, 9.17) is 4.74 Å². The summed E-state index contributed by atoms with van der Waals surface area (Å²) in [5.74, 6) is -0.775. The molecule has 0 spiro atoms. The van der Waals surface area contributed by atoms with Crippen molar-refractivity contribution in [3.05, 3.63) is 29.8 Å². The van der Waals surface area contributed by atoms with Gasteiger partial charge in [0.15, 0.2) is 0 Å². The highest BCUT2D eigenvalue weighted by molar-refractivity contribution is 5.92. The minimum atomic E-state index is -0.783. The molecule has 0 aliphatic carbocycles. The molecular weight excluding hydrogens is 246 g/mol. The van der Waals surface area contributed by atoms with Crippen molar-refractivity contribution in [2.24, 2.45) is 0 Å². The van der Waals surface area contributed by atoms with Gasteiger partial charge in [-0.1, -0.05) is 12.1 Å². The number of nitrogens with one attached hydrogen (secondary N) is 1. The Hall–Kier alpha value is -1.59. The molecule has 0 aliphatic rings. The van der Waals surface area contributed by atoms with Gasteiger partial charge in [0.05, 0.1) is 0 Å². The van der Waals surface area contributed by atoms with Gasteiger partial charge in [0, 0.05) is 12.1 Å². The number of aliphatic hydroxyl groups excluding tert-OH is 1. The highest BCUT2D eigenvalue weighted by atomic mass is 16.5. The van der Waals surface area contributed by atoms with Gasteiger partial charge in [0.25, 0.3) is 0 Å². The third kappa shape index (κ3) is 5.72. The molecular formula is C14H21NO4. The van der Waals surface area contributed by atoms with E-state index >= 15 is 0 Å². The van der Waals surface area contributed by atoms with E-state index in [1.807, 2.05) is 20.8 Å². The number of hydrogen-bond donors (Lipinski definition) is 3. The lowest BCUT2D eigenvalue weighted by Crippen LogP contribution is -2.42. The number of β-amino-alcohol motifs (C(OH)–C–C–N with tert-alkyl or cyclic N) is 1. The Morgan fingerprint density at radius 2 is 2.00 bits per heavy atom. The molecule has 0 saturated carbocycles. The molecule has 1 aromatic rings. The molecule has 0 bridgehead atoms. The third-order valence-electron chi connectivity index (χ3n) is 2.40. The van der Waals surface area contributed by atoms with Crippen molar-refractivity contribution in [3.63, 3.8) is 0 Å². The van der Waals surface area contributed by atoms with Crippen LogP contribution in [0.25, 0.3) is 0 Å². The minimum absolute atomic E-state index is 0.0958. The lowest BCUT2D eigenvalue weighted by molar-refractivity contribution is 0.0245. The van der Waals surface area contributed by atoms with Crippen LogP contribution in [0.4, 0.5) is 0 Å². The number of esters is 1. The normalized spacial score (nSPS) is 13.1. The first-order valence-corrected chi connectivity index (χ1v) is 6.18. The van der Waals surface area contributed by atoms with Gasteiger partial charge in [0.2, 0.25) is 0 Å². The number of benzene rings is 1. The van der Waals surface area contributed by atoms with Gasteiger partial charge in [-0.15, -0.1) is 0 Å². The van der Waals surface area contributed by atoms with Crippen molar-refractivity contribution in [1.82, 2.24) is 5.32 Å². The maximum absolute atomic E-state index is 11.7. The van der Waals surface area contributed by atoms with Gasteiger partial charge in [-0.2, -0.15) is 0 Å². The zero-order valence-corrected chi connectivity index (χ0v) is 11.5. The maximum atomic E-state index is 11.7. The van der Waals surface area contributed by atoms with Crippen LogP contribution in [0.3, 0.4) is 0 Å². The Balaban J connectivity index is 2.41. The molecule has 0 radical (unpaired) electrons. The van der Waals surface area contributed by atoms with Crippen LogP contribution in [0.2, 0.25) is 0 Å². The Labute approximate surface area is 113 Å². The first-order valence-electron chi connectivity index (χ1n) is 6.18. The van der Waals surface area contributed by atoms with E-state index < -0.39 is 12.1 Å². The molecule has 0 fully saturated rings. The number of para-hydroxylation sites is 1. The average molecular weight is 267 g/mol. The number of rotatable bonds is 5. The number of phenols is 1. The Morgan fingerprint density at radius 1 is 1.37 bits per heavy atom. The Bertz CT molecular complexity index is 426. The molecule has 1 atom stereocenters. The lowest BCUT2D eigenvalue weighted by atomic mass is 10.1. The minimum Gasteiger partial charge on any atom is -0.507 e. The van der Waals surface area contributed by atoms with Gasteiger partial charge >= 0.3 is 5.97 Å². The SMILES string of the molecule is CC(C)(C)NC[C@H](O)COC(=O)c1ccccc1O. The topological polar surface area (TPSA) is 78.8 Å². The summed E-state index contributed by atoms with van der Waals surface area (Å²) in [4.78, 5) is 11.7. The number of aliphatic hydroxyl groups is 1. The summed E-state index contributed by atoms with van der Waals surface area (Å²) in [7, 11) is 0. The molecule has 3 N–H and O–H groups in total. The molecule has 0 aromatic heterocycles. The fourth-order valence-electron chi connectivity index (χ4n) is 1.38. The molecule has 5 heteroatoms. The van der Waals surface area contributed by atoms with Crippen molar-refractivity contribution in [3.8, 4) is 5.75 Å². The van der Waals surface area contributed by atoms with Crippen LogP contribution in [0, 0.1) is 0 Å². The maximum Gasteiger partial charge on any atom is 0.342 e. The van der Waals surface area contributed by atoms with Crippen molar-refractivity contribution in [1.29, 1.82) is 0 Å². The van der Waals surface area contributed by atoms with Crippen LogP contribution in [0.1, 0.15) is 31.1 Å². The molecule has 5 nitrogen and oxygen atoms in total. The summed E-state index contributed by atoms with van der Waals surface area (Å²) in [6.07, 6.45) is -0.783. The van der Waals surface area contributed by atoms with Crippen molar-refractivity contribution in [2.45, 2.75) is 32.4 Å². The van der Waals surface area contributed by atoms with Gasteiger partial charge < -0.3 is 20.3 Å². The zero-order chi connectivity index (χ0) is 14.5. The van der Waals surface area contributed by atoms with E-state index in [0.29, 0.717) is 6.54 Å². The number of carbonyl (C=O) groups excluding carboxylic acids is 1. The fourth-order valence-corrected chi connectivity index (χ4v) is 1.38. The zero-order valence-electron chi connectivity index (χ0n) is 11.5. The molecule has 1 rings (SSSR count).